The van der Waals surface area contributed by atoms with Crippen LogP contribution in [0.4, 0.5) is 9.18 Å². The molecule has 0 aromatic heterocycles. The van der Waals surface area contributed by atoms with Crippen LogP contribution in [0.3, 0.4) is 0 Å². The van der Waals surface area contributed by atoms with Crippen LogP contribution in [0.1, 0.15) is 37.3 Å². The first-order chi connectivity index (χ1) is 15.8. The number of amides is 3. The zero-order valence-electron chi connectivity index (χ0n) is 19.6. The van der Waals surface area contributed by atoms with E-state index in [1.165, 1.54) is 6.07 Å². The molecule has 178 valence electrons. The second-order valence-corrected chi connectivity index (χ2v) is 8.56. The predicted molar refractivity (Wildman–Crippen MR) is 124 cm³/mol. The molecule has 8 heteroatoms. The molecular weight excluding hydrogens is 425 g/mol. The monoisotopic (exact) mass is 457 g/mol. The standard InChI is InChI=1S/C25H32FN3O4/c1-16(2)28-25(31)29-14-19(17-9-10-22(32-3)23(12-17)33-4)11-20(15-29)24(30)27-13-18-7-5-6-8-21(18)26/h5-10,12,16,19-20H,11,13-15H2,1-4H3,(H,27,30)(H,28,31). The van der Waals surface area contributed by atoms with Crippen LogP contribution >= 0.6 is 0 Å². The summed E-state index contributed by atoms with van der Waals surface area (Å²) in [5.74, 6) is 0.153. The predicted octanol–water partition coefficient (Wildman–Crippen LogP) is 3.68. The van der Waals surface area contributed by atoms with Gasteiger partial charge in [0.25, 0.3) is 0 Å². The second-order valence-electron chi connectivity index (χ2n) is 8.56. The number of carbonyl (C=O) groups excluding carboxylic acids is 2. The Hall–Kier alpha value is -3.29. The summed E-state index contributed by atoms with van der Waals surface area (Å²) in [5.41, 5.74) is 1.38. The first kappa shape index (κ1) is 24.4. The molecule has 0 spiro atoms. The van der Waals surface area contributed by atoms with Crippen molar-refractivity contribution in [1.29, 1.82) is 0 Å². The number of likely N-dealkylation sites (tertiary alicyclic amines) is 1. The van der Waals surface area contributed by atoms with Crippen LogP contribution in [0, 0.1) is 11.7 Å². The molecule has 0 radical (unpaired) electrons. The summed E-state index contributed by atoms with van der Waals surface area (Å²) in [7, 11) is 3.15. The minimum Gasteiger partial charge on any atom is -0.493 e. The van der Waals surface area contributed by atoms with Crippen LogP contribution in [-0.4, -0.2) is 50.2 Å². The molecule has 33 heavy (non-hydrogen) atoms. The van der Waals surface area contributed by atoms with Gasteiger partial charge in [-0.1, -0.05) is 24.3 Å². The fraction of sp³-hybridized carbons (Fsp3) is 0.440. The van der Waals surface area contributed by atoms with Gasteiger partial charge in [0.15, 0.2) is 11.5 Å². The van der Waals surface area contributed by atoms with E-state index in [0.29, 0.717) is 36.6 Å². The van der Waals surface area contributed by atoms with E-state index in [1.807, 2.05) is 32.0 Å². The second kappa shape index (κ2) is 11.0. The van der Waals surface area contributed by atoms with Crippen molar-refractivity contribution in [1.82, 2.24) is 15.5 Å². The number of benzene rings is 2. The molecule has 7 nitrogen and oxygen atoms in total. The van der Waals surface area contributed by atoms with E-state index in [-0.39, 0.29) is 36.3 Å². The molecule has 1 heterocycles. The highest BCUT2D eigenvalue weighted by Gasteiger charge is 2.35. The van der Waals surface area contributed by atoms with Crippen LogP contribution in [0.5, 0.6) is 11.5 Å². The quantitative estimate of drug-likeness (QED) is 0.665. The van der Waals surface area contributed by atoms with Crippen molar-refractivity contribution in [2.75, 3.05) is 27.3 Å². The molecule has 1 saturated heterocycles. The van der Waals surface area contributed by atoms with E-state index in [4.69, 9.17) is 9.47 Å². The third-order valence-corrected chi connectivity index (χ3v) is 5.81. The van der Waals surface area contributed by atoms with Gasteiger partial charge in [0.2, 0.25) is 5.91 Å². The number of hydrogen-bond donors (Lipinski definition) is 2. The molecule has 1 aliphatic heterocycles. The smallest absolute Gasteiger partial charge is 0.317 e. The van der Waals surface area contributed by atoms with E-state index >= 15 is 0 Å². The van der Waals surface area contributed by atoms with Crippen molar-refractivity contribution in [2.45, 2.75) is 38.8 Å². The Labute approximate surface area is 194 Å². The van der Waals surface area contributed by atoms with Crippen molar-refractivity contribution in [3.8, 4) is 11.5 Å². The number of ether oxygens (including phenoxy) is 2. The Morgan fingerprint density at radius 3 is 2.48 bits per heavy atom. The van der Waals surface area contributed by atoms with E-state index in [0.717, 1.165) is 5.56 Å². The summed E-state index contributed by atoms with van der Waals surface area (Å²) in [6.45, 7) is 4.66. The van der Waals surface area contributed by atoms with Crippen LogP contribution in [0.2, 0.25) is 0 Å². The molecule has 2 N–H and O–H groups in total. The highest BCUT2D eigenvalue weighted by Crippen LogP contribution is 2.36. The lowest BCUT2D eigenvalue weighted by molar-refractivity contribution is -0.126. The molecule has 1 aliphatic rings. The van der Waals surface area contributed by atoms with Gasteiger partial charge in [-0.3, -0.25) is 4.79 Å². The normalized spacial score (nSPS) is 18.1. The summed E-state index contributed by atoms with van der Waals surface area (Å²) >= 11 is 0. The molecule has 1 fully saturated rings. The fourth-order valence-electron chi connectivity index (χ4n) is 4.11. The average molecular weight is 458 g/mol. The maximum Gasteiger partial charge on any atom is 0.317 e. The van der Waals surface area contributed by atoms with Gasteiger partial charge in [-0.2, -0.15) is 0 Å². The lowest BCUT2D eigenvalue weighted by atomic mass is 9.84. The lowest BCUT2D eigenvalue weighted by Crippen LogP contribution is -2.52. The summed E-state index contributed by atoms with van der Waals surface area (Å²) in [5, 5.41) is 5.75. The number of nitrogens with zero attached hydrogens (tertiary/aromatic N) is 1. The molecule has 2 unspecified atom stereocenters. The Bertz CT molecular complexity index is 982. The molecule has 0 aliphatic carbocycles. The molecule has 3 amide bonds. The van der Waals surface area contributed by atoms with Gasteiger partial charge in [0.05, 0.1) is 20.1 Å². The molecule has 0 saturated carbocycles. The fourth-order valence-corrected chi connectivity index (χ4v) is 4.11. The van der Waals surface area contributed by atoms with E-state index < -0.39 is 5.92 Å². The summed E-state index contributed by atoms with van der Waals surface area (Å²) in [4.78, 5) is 27.5. The highest BCUT2D eigenvalue weighted by molar-refractivity contribution is 5.81. The van der Waals surface area contributed by atoms with Gasteiger partial charge in [-0.25, -0.2) is 9.18 Å². The topological polar surface area (TPSA) is 79.9 Å². The van der Waals surface area contributed by atoms with Gasteiger partial charge in [0.1, 0.15) is 5.82 Å². The molecule has 0 bridgehead atoms. The minimum absolute atomic E-state index is 0.0210. The first-order valence-electron chi connectivity index (χ1n) is 11.1. The van der Waals surface area contributed by atoms with Gasteiger partial charge in [-0.15, -0.1) is 0 Å². The third-order valence-electron chi connectivity index (χ3n) is 5.81. The molecule has 2 aromatic carbocycles. The maximum atomic E-state index is 14.0. The zero-order valence-corrected chi connectivity index (χ0v) is 19.6. The largest absolute Gasteiger partial charge is 0.493 e. The third kappa shape index (κ3) is 6.15. The molecule has 3 rings (SSSR count). The van der Waals surface area contributed by atoms with Crippen molar-refractivity contribution in [3.05, 3.63) is 59.4 Å². The number of piperidine rings is 1. The lowest BCUT2D eigenvalue weighted by Gasteiger charge is -2.38. The number of methoxy groups -OCH3 is 2. The van der Waals surface area contributed by atoms with Crippen LogP contribution in [0.25, 0.3) is 0 Å². The Morgan fingerprint density at radius 1 is 1.09 bits per heavy atom. The van der Waals surface area contributed by atoms with Crippen molar-refractivity contribution in [3.63, 3.8) is 0 Å². The number of carbonyl (C=O) groups is 2. The van der Waals surface area contributed by atoms with Gasteiger partial charge < -0.3 is 25.0 Å². The highest BCUT2D eigenvalue weighted by atomic mass is 19.1. The molecule has 2 aromatic rings. The minimum atomic E-state index is -0.429. The summed E-state index contributed by atoms with van der Waals surface area (Å²) in [6, 6.07) is 11.8. The van der Waals surface area contributed by atoms with E-state index in [9.17, 15) is 14.0 Å². The SMILES string of the molecule is COc1ccc(C2CC(C(=O)NCc3ccccc3F)CN(C(=O)NC(C)C)C2)cc1OC. The molecular formula is C25H32FN3O4. The number of urea groups is 1. The maximum absolute atomic E-state index is 14.0. The van der Waals surface area contributed by atoms with Gasteiger partial charge in [-0.05, 0) is 44.0 Å². The summed E-state index contributed by atoms with van der Waals surface area (Å²) in [6.07, 6.45) is 0.560. The van der Waals surface area contributed by atoms with Crippen LogP contribution < -0.4 is 20.1 Å². The van der Waals surface area contributed by atoms with Gasteiger partial charge in [0, 0.05) is 37.2 Å². The number of halogens is 1. The van der Waals surface area contributed by atoms with Crippen LogP contribution in [-0.2, 0) is 11.3 Å². The Morgan fingerprint density at radius 2 is 1.82 bits per heavy atom. The Kier molecular flexibility index (Phi) is 8.14. The number of nitrogens with one attached hydrogen (secondary N) is 2. The number of rotatable bonds is 7. The van der Waals surface area contributed by atoms with E-state index in [1.54, 1.807) is 37.3 Å². The number of hydrogen-bond acceptors (Lipinski definition) is 4. The molecule has 2 atom stereocenters. The van der Waals surface area contributed by atoms with Crippen molar-refractivity contribution in [2.24, 2.45) is 5.92 Å². The summed E-state index contributed by atoms with van der Waals surface area (Å²) < 4.78 is 24.7. The van der Waals surface area contributed by atoms with Crippen LogP contribution in [0.15, 0.2) is 42.5 Å². The van der Waals surface area contributed by atoms with Gasteiger partial charge >= 0.3 is 6.03 Å². The Balaban J connectivity index is 1.80. The zero-order chi connectivity index (χ0) is 24.0. The van der Waals surface area contributed by atoms with Crippen molar-refractivity contribution >= 4 is 11.9 Å². The average Bonchev–Trinajstić information content (AvgIpc) is 2.82. The first-order valence-corrected chi connectivity index (χ1v) is 11.1. The van der Waals surface area contributed by atoms with E-state index in [2.05, 4.69) is 10.6 Å². The van der Waals surface area contributed by atoms with Crippen molar-refractivity contribution < 1.29 is 23.5 Å².